The summed E-state index contributed by atoms with van der Waals surface area (Å²) in [6, 6.07) is 3.75. The van der Waals surface area contributed by atoms with E-state index in [0.29, 0.717) is 19.0 Å². The van der Waals surface area contributed by atoms with Crippen molar-refractivity contribution < 1.29 is 4.79 Å². The van der Waals surface area contributed by atoms with Crippen molar-refractivity contribution in [2.75, 3.05) is 18.4 Å². The van der Waals surface area contributed by atoms with Crippen molar-refractivity contribution in [2.24, 2.45) is 4.99 Å². The van der Waals surface area contributed by atoms with Gasteiger partial charge in [-0.25, -0.2) is 0 Å². The van der Waals surface area contributed by atoms with E-state index in [1.165, 1.54) is 4.90 Å². The molecule has 7 heteroatoms. The second-order valence-corrected chi connectivity index (χ2v) is 4.77. The van der Waals surface area contributed by atoms with Crippen LogP contribution in [-0.4, -0.2) is 40.3 Å². The number of aliphatic imine (C=N–C) groups is 1. The Kier molecular flexibility index (Phi) is 3.12. The molecule has 0 saturated carbocycles. The average molecular weight is 320 g/mol. The molecule has 0 bridgehead atoms. The third-order valence-corrected chi connectivity index (χ3v) is 3.63. The van der Waals surface area contributed by atoms with Crippen molar-refractivity contribution in [3.05, 3.63) is 29.0 Å². The Hall–Kier alpha value is -2.02. The number of rotatable bonds is 2. The van der Waals surface area contributed by atoms with Crippen LogP contribution in [-0.2, 0) is 4.79 Å². The number of anilines is 1. The van der Waals surface area contributed by atoms with Crippen LogP contribution in [0.5, 0.6) is 0 Å². The number of halogens is 1. The zero-order valence-electron chi connectivity index (χ0n) is 9.88. The first-order valence-electron chi connectivity index (χ1n) is 5.72. The molecule has 2 heterocycles. The number of benzene rings is 1. The van der Waals surface area contributed by atoms with Crippen LogP contribution in [0, 0.1) is 0 Å². The van der Waals surface area contributed by atoms with Crippen molar-refractivity contribution in [2.45, 2.75) is 0 Å². The Balaban J connectivity index is 1.97. The van der Waals surface area contributed by atoms with Crippen LogP contribution in [0.1, 0.15) is 0 Å². The van der Waals surface area contributed by atoms with Crippen LogP contribution in [0.2, 0.25) is 0 Å². The molecule has 1 N–H and O–H groups in total. The maximum absolute atomic E-state index is 10.9. The lowest BCUT2D eigenvalue weighted by atomic mass is 10.2. The van der Waals surface area contributed by atoms with E-state index in [1.54, 1.807) is 12.4 Å². The van der Waals surface area contributed by atoms with E-state index >= 15 is 0 Å². The predicted octanol–water partition coefficient (Wildman–Crippen LogP) is 1.63. The number of carbonyl (C=O) groups excluding carboxylic acids is 1. The van der Waals surface area contributed by atoms with Gasteiger partial charge in [-0.3, -0.25) is 24.7 Å². The largest absolute Gasteiger partial charge is 0.325 e. The second kappa shape index (κ2) is 4.93. The first kappa shape index (κ1) is 12.0. The summed E-state index contributed by atoms with van der Waals surface area (Å²) in [6.45, 7) is 1.23. The van der Waals surface area contributed by atoms with E-state index < -0.39 is 0 Å². The van der Waals surface area contributed by atoms with Gasteiger partial charge in [-0.1, -0.05) is 0 Å². The molecule has 1 aromatic heterocycles. The topological polar surface area (TPSA) is 70.5 Å². The molecule has 1 aliphatic rings. The van der Waals surface area contributed by atoms with E-state index in [0.717, 1.165) is 27.6 Å². The van der Waals surface area contributed by atoms with Gasteiger partial charge in [-0.2, -0.15) is 0 Å². The monoisotopic (exact) mass is 319 g/mol. The second-order valence-electron chi connectivity index (χ2n) is 3.98. The van der Waals surface area contributed by atoms with Crippen LogP contribution >= 0.6 is 15.9 Å². The van der Waals surface area contributed by atoms with Gasteiger partial charge < -0.3 is 5.32 Å². The number of guanidine groups is 1. The Bertz CT molecular complexity index is 672. The Labute approximate surface area is 117 Å². The molecule has 0 radical (unpaired) electrons. The number of amides is 1. The first-order valence-corrected chi connectivity index (χ1v) is 6.51. The molecule has 2 aromatic rings. The maximum Gasteiger partial charge on any atom is 0.216 e. The molecule has 1 amide bonds. The Morgan fingerprint density at radius 3 is 3.00 bits per heavy atom. The highest BCUT2D eigenvalue weighted by Crippen LogP contribution is 2.29. The van der Waals surface area contributed by atoms with Crippen LogP contribution in [0.25, 0.3) is 11.0 Å². The molecule has 0 aliphatic carbocycles. The summed E-state index contributed by atoms with van der Waals surface area (Å²) in [6.07, 6.45) is 4.06. The molecular weight excluding hydrogens is 310 g/mol. The van der Waals surface area contributed by atoms with Gasteiger partial charge in [0.15, 0.2) is 0 Å². The summed E-state index contributed by atoms with van der Waals surface area (Å²) in [7, 11) is 0. The first-order chi connectivity index (χ1) is 9.29. The fourth-order valence-electron chi connectivity index (χ4n) is 1.89. The summed E-state index contributed by atoms with van der Waals surface area (Å²) in [5.41, 5.74) is 2.38. The number of nitrogens with zero attached hydrogens (tertiary/aromatic N) is 4. The number of aromatic nitrogens is 2. The Morgan fingerprint density at radius 2 is 2.16 bits per heavy atom. The molecule has 96 valence electrons. The smallest absolute Gasteiger partial charge is 0.216 e. The third-order valence-electron chi connectivity index (χ3n) is 2.83. The molecule has 1 aromatic carbocycles. The fraction of sp³-hybridized carbons (Fsp3) is 0.167. The number of carbonyl (C=O) groups is 1. The van der Waals surface area contributed by atoms with Gasteiger partial charge >= 0.3 is 0 Å². The standard InChI is InChI=1S/C12H10BrN5O/c13-10-8(17-12-16-5-6-18(12)7-19)1-2-9-11(10)15-4-3-14-9/h1-4,7H,5-6H2,(H,16,17). The summed E-state index contributed by atoms with van der Waals surface area (Å²) in [4.78, 5) is 25.2. The van der Waals surface area contributed by atoms with E-state index in [9.17, 15) is 4.79 Å². The lowest BCUT2D eigenvalue weighted by Gasteiger charge is -2.15. The van der Waals surface area contributed by atoms with E-state index in [1.807, 2.05) is 12.1 Å². The highest BCUT2D eigenvalue weighted by Gasteiger charge is 2.17. The predicted molar refractivity (Wildman–Crippen MR) is 75.9 cm³/mol. The van der Waals surface area contributed by atoms with E-state index in [-0.39, 0.29) is 0 Å². The van der Waals surface area contributed by atoms with Crippen LogP contribution in [0.3, 0.4) is 0 Å². The van der Waals surface area contributed by atoms with Gasteiger partial charge in [0.05, 0.1) is 22.2 Å². The molecule has 0 atom stereocenters. The Morgan fingerprint density at radius 1 is 1.32 bits per heavy atom. The minimum absolute atomic E-state index is 0.555. The molecule has 3 rings (SSSR count). The molecule has 19 heavy (non-hydrogen) atoms. The lowest BCUT2D eigenvalue weighted by molar-refractivity contribution is -0.114. The van der Waals surface area contributed by atoms with E-state index in [4.69, 9.17) is 0 Å². The molecular formula is C12H10BrN5O. The fourth-order valence-corrected chi connectivity index (χ4v) is 2.43. The van der Waals surface area contributed by atoms with Crippen LogP contribution in [0.4, 0.5) is 5.69 Å². The molecule has 0 saturated heterocycles. The molecule has 0 unspecified atom stereocenters. The molecule has 6 nitrogen and oxygen atoms in total. The lowest BCUT2D eigenvalue weighted by Crippen LogP contribution is -2.31. The SMILES string of the molecule is O=CN1CCN=C1Nc1ccc2nccnc2c1Br. The summed E-state index contributed by atoms with van der Waals surface area (Å²) in [5.74, 6) is 0.555. The normalized spacial score (nSPS) is 14.6. The molecule has 0 spiro atoms. The average Bonchev–Trinajstić information content (AvgIpc) is 2.89. The molecule has 1 aliphatic heterocycles. The highest BCUT2D eigenvalue weighted by atomic mass is 79.9. The highest BCUT2D eigenvalue weighted by molar-refractivity contribution is 9.10. The minimum atomic E-state index is 0.555. The van der Waals surface area contributed by atoms with Crippen molar-refractivity contribution in [3.63, 3.8) is 0 Å². The number of hydrogen-bond acceptors (Lipinski definition) is 5. The van der Waals surface area contributed by atoms with Gasteiger partial charge in [0.25, 0.3) is 0 Å². The zero-order valence-corrected chi connectivity index (χ0v) is 11.5. The van der Waals surface area contributed by atoms with Gasteiger partial charge in [0.2, 0.25) is 12.4 Å². The number of fused-ring (bicyclic) bond motifs is 1. The van der Waals surface area contributed by atoms with Crippen molar-refractivity contribution in [3.8, 4) is 0 Å². The van der Waals surface area contributed by atoms with Gasteiger partial charge in [0.1, 0.15) is 5.52 Å². The zero-order chi connectivity index (χ0) is 13.2. The molecule has 0 fully saturated rings. The van der Waals surface area contributed by atoms with Crippen LogP contribution < -0.4 is 5.32 Å². The third kappa shape index (κ3) is 2.17. The van der Waals surface area contributed by atoms with Crippen LogP contribution in [0.15, 0.2) is 34.0 Å². The quantitative estimate of drug-likeness (QED) is 0.854. The van der Waals surface area contributed by atoms with Gasteiger partial charge in [-0.05, 0) is 28.1 Å². The number of hydrogen-bond donors (Lipinski definition) is 1. The summed E-state index contributed by atoms with van der Waals surface area (Å²) < 4.78 is 0.804. The maximum atomic E-state index is 10.9. The van der Waals surface area contributed by atoms with Crippen molar-refractivity contribution in [1.82, 2.24) is 14.9 Å². The van der Waals surface area contributed by atoms with Crippen molar-refractivity contribution in [1.29, 1.82) is 0 Å². The summed E-state index contributed by atoms with van der Waals surface area (Å²) in [5, 5.41) is 3.13. The van der Waals surface area contributed by atoms with Crippen molar-refractivity contribution >= 4 is 45.0 Å². The number of nitrogens with one attached hydrogen (secondary N) is 1. The minimum Gasteiger partial charge on any atom is -0.325 e. The van der Waals surface area contributed by atoms with E-state index in [2.05, 4.69) is 36.2 Å². The van der Waals surface area contributed by atoms with Gasteiger partial charge in [0, 0.05) is 18.9 Å². The van der Waals surface area contributed by atoms with Gasteiger partial charge in [-0.15, -0.1) is 0 Å². The summed E-state index contributed by atoms with van der Waals surface area (Å²) >= 11 is 3.50.